The van der Waals surface area contributed by atoms with E-state index in [1.165, 1.54) is 70.9 Å². The van der Waals surface area contributed by atoms with Crippen molar-refractivity contribution in [3.63, 3.8) is 0 Å². The molecule has 0 aliphatic carbocycles. The van der Waals surface area contributed by atoms with E-state index in [0.717, 1.165) is 150 Å². The molecule has 0 radical (unpaired) electrons. The Balaban J connectivity index is 0.000000148. The van der Waals surface area contributed by atoms with Gasteiger partial charge in [0.2, 0.25) is 0 Å². The first-order valence-electron chi connectivity index (χ1n) is 43.4. The van der Waals surface area contributed by atoms with Gasteiger partial charge < -0.3 is 19.6 Å². The fourth-order valence-electron chi connectivity index (χ4n) is 18.6. The lowest BCUT2D eigenvalue weighted by molar-refractivity contribution is 1.26. The Morgan fingerprint density at radius 3 is 0.844 bits per heavy atom. The van der Waals surface area contributed by atoms with Gasteiger partial charge in [-0.25, -0.2) is 9.97 Å². The summed E-state index contributed by atoms with van der Waals surface area (Å²) in [4.78, 5) is 29.1. The molecule has 0 unspecified atom stereocenters. The van der Waals surface area contributed by atoms with Crippen molar-refractivity contribution in [1.82, 2.24) is 19.9 Å². The molecule has 20 aromatic carbocycles. The average Bonchev–Trinajstić information content (AvgIpc) is 0.741. The van der Waals surface area contributed by atoms with Crippen LogP contribution in [0.4, 0.5) is 68.2 Å². The van der Waals surface area contributed by atoms with Crippen LogP contribution in [0.1, 0.15) is 0 Å². The van der Waals surface area contributed by atoms with E-state index in [9.17, 15) is 0 Å². The van der Waals surface area contributed by atoms with Gasteiger partial charge in [-0.15, -0.1) is 0 Å². The zero-order valence-electron chi connectivity index (χ0n) is 69.8. The van der Waals surface area contributed by atoms with Crippen LogP contribution in [0.2, 0.25) is 0 Å². The summed E-state index contributed by atoms with van der Waals surface area (Å²) in [6.07, 6.45) is 3.71. The molecule has 0 spiro atoms. The van der Waals surface area contributed by atoms with Gasteiger partial charge in [0.1, 0.15) is 0 Å². The Morgan fingerprint density at radius 2 is 0.422 bits per heavy atom. The predicted molar refractivity (Wildman–Crippen MR) is 540 cm³/mol. The Labute approximate surface area is 741 Å². The zero-order valence-corrected chi connectivity index (χ0v) is 69.8. The lowest BCUT2D eigenvalue weighted by Crippen LogP contribution is -2.12. The highest BCUT2D eigenvalue weighted by molar-refractivity contribution is 6.18. The van der Waals surface area contributed by atoms with Gasteiger partial charge in [0.25, 0.3) is 0 Å². The zero-order chi connectivity index (χ0) is 84.8. The van der Waals surface area contributed by atoms with E-state index in [4.69, 9.17) is 19.9 Å². The molecule has 0 atom stereocenters. The van der Waals surface area contributed by atoms with Crippen LogP contribution in [0.3, 0.4) is 0 Å². The minimum absolute atomic E-state index is 0.920. The van der Waals surface area contributed by atoms with Crippen LogP contribution in [0.25, 0.3) is 153 Å². The SMILES string of the molecule is c1ccc(N(c2ccccc2)c2ccc(N(c3ccc(-c4ccc5cc6cc(-c7c8ccccc8nc8c7ccc7cccnc78)ccc6cc5c4)cc3)c3ccc4ccccc4c3)cc2)cc1.c1ccc(N(c2ccccc2)c2ccc(N(c3ccc(-c4cccc(-c5c6ccccc6nc6c5ccc5cccnc56)c4)cc3)c3ccc4ccccc4c3)cc2)cc1. The number of fused-ring (bicyclic) bond motifs is 12. The number of hydrogen-bond acceptors (Lipinski definition) is 8. The molecular weight excluding hydrogens is 1550 g/mol. The monoisotopic (exact) mass is 1630 g/mol. The van der Waals surface area contributed by atoms with Crippen LogP contribution >= 0.6 is 0 Å². The summed E-state index contributed by atoms with van der Waals surface area (Å²) in [6.45, 7) is 0. The molecule has 0 amide bonds. The molecule has 0 bridgehead atoms. The Kier molecular flexibility index (Phi) is 19.5. The van der Waals surface area contributed by atoms with Gasteiger partial charge >= 0.3 is 0 Å². The molecule has 4 aromatic heterocycles. The molecule has 4 heterocycles. The first-order chi connectivity index (χ1) is 63.4. The maximum absolute atomic E-state index is 5.14. The van der Waals surface area contributed by atoms with E-state index in [2.05, 4.69) is 481 Å². The highest BCUT2D eigenvalue weighted by Crippen LogP contribution is 2.47. The molecule has 24 rings (SSSR count). The third-order valence-corrected chi connectivity index (χ3v) is 24.8. The van der Waals surface area contributed by atoms with Crippen molar-refractivity contribution in [2.45, 2.75) is 0 Å². The first-order valence-corrected chi connectivity index (χ1v) is 43.4. The minimum atomic E-state index is 0.920. The average molecular weight is 1630 g/mol. The Morgan fingerprint density at radius 1 is 0.141 bits per heavy atom. The fourth-order valence-corrected chi connectivity index (χ4v) is 18.6. The van der Waals surface area contributed by atoms with E-state index in [0.29, 0.717) is 0 Å². The Bertz CT molecular complexity index is 8230. The summed E-state index contributed by atoms with van der Waals surface area (Å²) in [5, 5.41) is 16.3. The molecule has 0 saturated carbocycles. The molecule has 0 aliphatic rings. The smallest absolute Gasteiger partial charge is 0.0978 e. The second kappa shape index (κ2) is 32.9. The van der Waals surface area contributed by atoms with E-state index < -0.39 is 0 Å². The van der Waals surface area contributed by atoms with Gasteiger partial charge in [-0.1, -0.05) is 273 Å². The molecule has 600 valence electrons. The van der Waals surface area contributed by atoms with Crippen molar-refractivity contribution >= 4 is 177 Å². The summed E-state index contributed by atoms with van der Waals surface area (Å²) in [5.41, 5.74) is 28.1. The van der Waals surface area contributed by atoms with Gasteiger partial charge in [-0.3, -0.25) is 9.97 Å². The summed E-state index contributed by atoms with van der Waals surface area (Å²) >= 11 is 0. The largest absolute Gasteiger partial charge is 0.311 e. The van der Waals surface area contributed by atoms with E-state index >= 15 is 0 Å². The standard InChI is InChI=1S/C64H42N4.C56H38N4/c1-3-15-53(16-4-1)67(54-17-5-2-6-18-54)56-32-34-57(35-33-56)68(58-31-27-43-12-7-8-13-46(43)42-58)55-29-25-44(26-30-55)47-21-22-48-40-52-41-50(24-23-49(52)39-51(48)38-47)62-59-19-9-10-20-61(59)66-64-60(62)36-28-45-14-11-37-65-63(45)64;1-3-18-45(19-4-1)59(46-20-5-2-6-21-46)48-31-33-49(34-32-48)60(50-30-26-39-13-7-8-14-43(39)38-50)47-28-24-40(25-29-47)42-15-11-16-44(37-42)54-51-22-9-10-23-53(51)58-56-52(54)35-27-41-17-12-36-57-55(41)56/h1-42H;1-38H. The molecule has 0 aliphatic heterocycles. The van der Waals surface area contributed by atoms with E-state index in [-0.39, 0.29) is 0 Å². The third kappa shape index (κ3) is 14.4. The number of benzene rings is 20. The maximum atomic E-state index is 5.14. The second-order valence-electron chi connectivity index (χ2n) is 32.5. The molecule has 8 nitrogen and oxygen atoms in total. The lowest BCUT2D eigenvalue weighted by atomic mass is 9.92. The summed E-state index contributed by atoms with van der Waals surface area (Å²) < 4.78 is 0. The van der Waals surface area contributed by atoms with Crippen molar-refractivity contribution in [3.05, 3.63) is 486 Å². The van der Waals surface area contributed by atoms with Crippen molar-refractivity contribution in [1.29, 1.82) is 0 Å². The van der Waals surface area contributed by atoms with E-state index in [1.54, 1.807) is 0 Å². The normalized spacial score (nSPS) is 11.4. The van der Waals surface area contributed by atoms with Gasteiger partial charge in [-0.05, 0) is 277 Å². The number of aromatic nitrogens is 4. The highest BCUT2D eigenvalue weighted by atomic mass is 15.2. The Hall–Kier alpha value is -17.2. The van der Waals surface area contributed by atoms with Crippen LogP contribution in [-0.4, -0.2) is 19.9 Å². The maximum Gasteiger partial charge on any atom is 0.0978 e. The molecule has 128 heavy (non-hydrogen) atoms. The summed E-state index contributed by atoms with van der Waals surface area (Å²) in [6, 6.07) is 169. The third-order valence-electron chi connectivity index (χ3n) is 24.8. The molecule has 0 fully saturated rings. The van der Waals surface area contributed by atoms with Crippen molar-refractivity contribution in [3.8, 4) is 44.5 Å². The topological polar surface area (TPSA) is 64.5 Å². The molecular formula is C120H80N8. The quantitative estimate of drug-likeness (QED) is 0.0700. The lowest BCUT2D eigenvalue weighted by Gasteiger charge is -2.28. The molecule has 24 aromatic rings. The number of rotatable bonds is 16. The van der Waals surface area contributed by atoms with Crippen molar-refractivity contribution in [2.24, 2.45) is 0 Å². The number of para-hydroxylation sites is 6. The number of pyridine rings is 4. The van der Waals surface area contributed by atoms with E-state index in [1.807, 2.05) is 24.5 Å². The van der Waals surface area contributed by atoms with Gasteiger partial charge in [0.05, 0.1) is 33.1 Å². The van der Waals surface area contributed by atoms with Crippen LogP contribution < -0.4 is 19.6 Å². The molecule has 0 N–H and O–H groups in total. The number of nitrogens with zero attached hydrogens (tertiary/aromatic N) is 8. The summed E-state index contributed by atoms with van der Waals surface area (Å²) in [7, 11) is 0. The van der Waals surface area contributed by atoms with Gasteiger partial charge in [0.15, 0.2) is 0 Å². The fraction of sp³-hybridized carbons (Fsp3) is 0. The minimum Gasteiger partial charge on any atom is -0.311 e. The summed E-state index contributed by atoms with van der Waals surface area (Å²) in [5.74, 6) is 0. The van der Waals surface area contributed by atoms with Gasteiger partial charge in [0, 0.05) is 124 Å². The number of anilines is 12. The van der Waals surface area contributed by atoms with Gasteiger partial charge in [-0.2, -0.15) is 0 Å². The predicted octanol–water partition coefficient (Wildman–Crippen LogP) is 33.0. The van der Waals surface area contributed by atoms with Crippen LogP contribution in [0.5, 0.6) is 0 Å². The second-order valence-corrected chi connectivity index (χ2v) is 32.5. The van der Waals surface area contributed by atoms with Crippen molar-refractivity contribution < 1.29 is 0 Å². The highest BCUT2D eigenvalue weighted by Gasteiger charge is 2.23. The number of hydrogen-bond donors (Lipinski definition) is 0. The molecule has 0 saturated heterocycles. The van der Waals surface area contributed by atoms with Crippen LogP contribution in [-0.2, 0) is 0 Å². The van der Waals surface area contributed by atoms with Crippen molar-refractivity contribution in [2.75, 3.05) is 19.6 Å². The first kappa shape index (κ1) is 75.7. The molecule has 8 heteroatoms. The van der Waals surface area contributed by atoms with Crippen LogP contribution in [0.15, 0.2) is 486 Å². The van der Waals surface area contributed by atoms with Crippen LogP contribution in [0, 0.1) is 0 Å².